The molecule has 0 bridgehead atoms. The Hall–Kier alpha value is -2.13. The number of rotatable bonds is 9. The van der Waals surface area contributed by atoms with Gasteiger partial charge in [-0.05, 0) is 51.5 Å². The molecular formula is C23H32N4O3S2. The molecule has 32 heavy (non-hydrogen) atoms. The number of amides is 2. The van der Waals surface area contributed by atoms with Gasteiger partial charge in [-0.15, -0.1) is 17.9 Å². The molecule has 7 nitrogen and oxygen atoms in total. The molecule has 2 amide bonds. The molecule has 0 saturated heterocycles. The van der Waals surface area contributed by atoms with Crippen molar-refractivity contribution in [1.82, 2.24) is 19.8 Å². The van der Waals surface area contributed by atoms with Gasteiger partial charge in [-0.25, -0.2) is 4.98 Å². The summed E-state index contributed by atoms with van der Waals surface area (Å²) in [5, 5.41) is 4.06. The highest BCUT2D eigenvalue weighted by Gasteiger charge is 2.25. The van der Waals surface area contributed by atoms with Crippen LogP contribution in [0.3, 0.4) is 0 Å². The third kappa shape index (κ3) is 5.43. The van der Waals surface area contributed by atoms with Crippen molar-refractivity contribution < 1.29 is 9.59 Å². The van der Waals surface area contributed by atoms with Gasteiger partial charge in [0.2, 0.25) is 11.8 Å². The van der Waals surface area contributed by atoms with Gasteiger partial charge in [0.05, 0.1) is 17.7 Å². The second-order valence-corrected chi connectivity index (χ2v) is 10.6. The zero-order valence-electron chi connectivity index (χ0n) is 19.3. The molecule has 2 heterocycles. The van der Waals surface area contributed by atoms with E-state index in [-0.39, 0.29) is 35.7 Å². The minimum absolute atomic E-state index is 0.0227. The molecule has 2 aromatic heterocycles. The van der Waals surface area contributed by atoms with E-state index in [0.717, 1.165) is 35.0 Å². The third-order valence-electron chi connectivity index (χ3n) is 5.54. The SMILES string of the molecule is C=CCn1c(SCC(=O)N(CC)CC(=O)NC(C)C)nc2sc3c(c2c1=O)CCC(C)C3. The van der Waals surface area contributed by atoms with Gasteiger partial charge < -0.3 is 10.2 Å². The van der Waals surface area contributed by atoms with E-state index in [1.165, 1.54) is 21.5 Å². The first kappa shape index (κ1) is 24.5. The second-order valence-electron chi connectivity index (χ2n) is 8.55. The first-order valence-electron chi connectivity index (χ1n) is 11.1. The summed E-state index contributed by atoms with van der Waals surface area (Å²) < 4.78 is 1.61. The molecule has 1 aliphatic rings. The van der Waals surface area contributed by atoms with Gasteiger partial charge in [-0.1, -0.05) is 24.8 Å². The van der Waals surface area contributed by atoms with Crippen LogP contribution in [0, 0.1) is 5.92 Å². The highest BCUT2D eigenvalue weighted by molar-refractivity contribution is 7.99. The van der Waals surface area contributed by atoms with E-state index in [9.17, 15) is 14.4 Å². The summed E-state index contributed by atoms with van der Waals surface area (Å²) in [6.07, 6.45) is 4.66. The molecule has 3 rings (SSSR count). The quantitative estimate of drug-likeness (QED) is 0.341. The summed E-state index contributed by atoms with van der Waals surface area (Å²) in [6, 6.07) is 0.0227. The molecule has 2 aromatic rings. The van der Waals surface area contributed by atoms with Gasteiger partial charge in [-0.3, -0.25) is 19.0 Å². The van der Waals surface area contributed by atoms with E-state index in [2.05, 4.69) is 18.8 Å². The second kappa shape index (κ2) is 10.7. The maximum absolute atomic E-state index is 13.4. The van der Waals surface area contributed by atoms with Crippen LogP contribution < -0.4 is 10.9 Å². The van der Waals surface area contributed by atoms with Gasteiger partial charge in [0.25, 0.3) is 5.56 Å². The van der Waals surface area contributed by atoms with Crippen molar-refractivity contribution in [3.63, 3.8) is 0 Å². The maximum Gasteiger partial charge on any atom is 0.263 e. The van der Waals surface area contributed by atoms with Gasteiger partial charge in [0.15, 0.2) is 5.16 Å². The van der Waals surface area contributed by atoms with E-state index in [1.807, 2.05) is 20.8 Å². The van der Waals surface area contributed by atoms with Crippen molar-refractivity contribution in [3.05, 3.63) is 33.4 Å². The number of hydrogen-bond donors (Lipinski definition) is 1. The fourth-order valence-electron chi connectivity index (χ4n) is 3.94. The lowest BCUT2D eigenvalue weighted by molar-refractivity contribution is -0.134. The Bertz CT molecular complexity index is 1070. The number of aromatic nitrogens is 2. The summed E-state index contributed by atoms with van der Waals surface area (Å²) in [7, 11) is 0. The van der Waals surface area contributed by atoms with Crippen LogP contribution >= 0.6 is 23.1 Å². The predicted molar refractivity (Wildman–Crippen MR) is 132 cm³/mol. The molecule has 174 valence electrons. The zero-order chi connectivity index (χ0) is 23.4. The van der Waals surface area contributed by atoms with E-state index < -0.39 is 0 Å². The first-order valence-corrected chi connectivity index (χ1v) is 12.9. The molecule has 0 fully saturated rings. The number of thiophene rings is 1. The first-order chi connectivity index (χ1) is 15.2. The molecule has 9 heteroatoms. The highest BCUT2D eigenvalue weighted by Crippen LogP contribution is 2.36. The number of nitrogens with zero attached hydrogens (tertiary/aromatic N) is 3. The van der Waals surface area contributed by atoms with Gasteiger partial charge in [-0.2, -0.15) is 0 Å². The van der Waals surface area contributed by atoms with Crippen LogP contribution in [0.2, 0.25) is 0 Å². The summed E-state index contributed by atoms with van der Waals surface area (Å²) >= 11 is 2.85. The Balaban J connectivity index is 1.84. The van der Waals surface area contributed by atoms with Gasteiger partial charge >= 0.3 is 0 Å². The molecule has 0 aromatic carbocycles. The molecule has 0 spiro atoms. The molecule has 1 N–H and O–H groups in total. The predicted octanol–water partition coefficient (Wildman–Crippen LogP) is 3.23. The van der Waals surface area contributed by atoms with Crippen molar-refractivity contribution >= 4 is 45.1 Å². The lowest BCUT2D eigenvalue weighted by Gasteiger charge is -2.21. The average Bonchev–Trinajstić information content (AvgIpc) is 3.09. The van der Waals surface area contributed by atoms with Crippen molar-refractivity contribution in [3.8, 4) is 0 Å². The van der Waals surface area contributed by atoms with E-state index in [1.54, 1.807) is 22.0 Å². The van der Waals surface area contributed by atoms with Crippen molar-refractivity contribution in [1.29, 1.82) is 0 Å². The van der Waals surface area contributed by atoms with Crippen molar-refractivity contribution in [2.75, 3.05) is 18.8 Å². The molecule has 0 aliphatic heterocycles. The van der Waals surface area contributed by atoms with Crippen LogP contribution in [0.5, 0.6) is 0 Å². The Labute approximate surface area is 197 Å². The van der Waals surface area contributed by atoms with Gasteiger partial charge in [0.1, 0.15) is 4.83 Å². The summed E-state index contributed by atoms with van der Waals surface area (Å²) in [5.74, 6) is 0.391. The Morgan fingerprint density at radius 2 is 2.19 bits per heavy atom. The number of thioether (sulfide) groups is 1. The fraction of sp³-hybridized carbons (Fsp3) is 0.565. The van der Waals surface area contributed by atoms with Crippen LogP contribution in [0.25, 0.3) is 10.2 Å². The van der Waals surface area contributed by atoms with Crippen molar-refractivity contribution in [2.24, 2.45) is 5.92 Å². The number of aryl methyl sites for hydroxylation is 1. The molecule has 1 unspecified atom stereocenters. The van der Waals surface area contributed by atoms with Crippen LogP contribution in [0.15, 0.2) is 22.6 Å². The molecule has 1 aliphatic carbocycles. The van der Waals surface area contributed by atoms with Crippen LogP contribution in [0.4, 0.5) is 0 Å². The monoisotopic (exact) mass is 476 g/mol. The summed E-state index contributed by atoms with van der Waals surface area (Å²) in [4.78, 5) is 46.5. The smallest absolute Gasteiger partial charge is 0.263 e. The highest BCUT2D eigenvalue weighted by atomic mass is 32.2. The third-order valence-corrected chi connectivity index (χ3v) is 7.64. The topological polar surface area (TPSA) is 84.3 Å². The largest absolute Gasteiger partial charge is 0.352 e. The Morgan fingerprint density at radius 1 is 1.44 bits per heavy atom. The Kier molecular flexibility index (Phi) is 8.16. The number of likely N-dealkylation sites (N-methyl/N-ethyl adjacent to an activating group) is 1. The number of hydrogen-bond acceptors (Lipinski definition) is 6. The summed E-state index contributed by atoms with van der Waals surface area (Å²) in [5.41, 5.74) is 1.10. The number of carbonyl (C=O) groups is 2. The van der Waals surface area contributed by atoms with Crippen LogP contribution in [0.1, 0.15) is 44.6 Å². The average molecular weight is 477 g/mol. The number of carbonyl (C=O) groups excluding carboxylic acids is 2. The summed E-state index contributed by atoms with van der Waals surface area (Å²) in [6.45, 7) is 12.4. The number of fused-ring (bicyclic) bond motifs is 3. The standard InChI is InChI=1S/C23H32N4O3S2/c1-6-10-27-22(30)20-16-9-8-15(5)11-17(16)32-21(20)25-23(27)31-13-19(29)26(7-2)12-18(28)24-14(3)4/h6,14-15H,1,7-13H2,2-5H3,(H,24,28). The van der Waals surface area contributed by atoms with E-state index >= 15 is 0 Å². The fourth-order valence-corrected chi connectivity index (χ4v) is 6.28. The zero-order valence-corrected chi connectivity index (χ0v) is 20.9. The maximum atomic E-state index is 13.4. The lowest BCUT2D eigenvalue weighted by Crippen LogP contribution is -2.43. The van der Waals surface area contributed by atoms with E-state index in [4.69, 9.17) is 4.98 Å². The van der Waals surface area contributed by atoms with Crippen LogP contribution in [-0.2, 0) is 29.0 Å². The molecule has 1 atom stereocenters. The van der Waals surface area contributed by atoms with Crippen molar-refractivity contribution in [2.45, 2.75) is 64.7 Å². The lowest BCUT2D eigenvalue weighted by atomic mass is 9.89. The molecule has 0 saturated carbocycles. The molecular weight excluding hydrogens is 444 g/mol. The normalized spacial score (nSPS) is 15.6. The minimum Gasteiger partial charge on any atom is -0.352 e. The van der Waals surface area contributed by atoms with Gasteiger partial charge in [0, 0.05) is 24.0 Å². The molecule has 0 radical (unpaired) electrons. The minimum atomic E-state index is -0.179. The Morgan fingerprint density at radius 3 is 2.84 bits per heavy atom. The number of nitrogens with one attached hydrogen (secondary N) is 1. The van der Waals surface area contributed by atoms with Crippen LogP contribution in [-0.4, -0.2) is 51.1 Å². The van der Waals surface area contributed by atoms with E-state index in [0.29, 0.717) is 24.2 Å². The number of allylic oxidation sites excluding steroid dienone is 1.